The lowest BCUT2D eigenvalue weighted by Gasteiger charge is -2.38. The molecule has 0 aliphatic rings. The third-order valence-electron chi connectivity index (χ3n) is 3.72. The second-order valence-corrected chi connectivity index (χ2v) is 5.00. The summed E-state index contributed by atoms with van der Waals surface area (Å²) in [6, 6.07) is 6.60. The molecule has 0 aromatic heterocycles. The zero-order valence-electron chi connectivity index (χ0n) is 10.5. The van der Waals surface area contributed by atoms with Crippen LogP contribution in [-0.2, 0) is 0 Å². The number of nitrogens with zero attached hydrogens (tertiary/aromatic N) is 3. The summed E-state index contributed by atoms with van der Waals surface area (Å²) < 4.78 is 0. The molecule has 0 bridgehead atoms. The Morgan fingerprint density at radius 3 is 2.00 bits per heavy atom. The molecule has 2 atom stereocenters. The van der Waals surface area contributed by atoms with Gasteiger partial charge in [-0.2, -0.15) is 15.8 Å². The van der Waals surface area contributed by atoms with Crippen LogP contribution in [0.3, 0.4) is 0 Å². The van der Waals surface area contributed by atoms with Crippen LogP contribution in [0, 0.1) is 50.7 Å². The first-order chi connectivity index (χ1) is 7.35. The van der Waals surface area contributed by atoms with Crippen molar-refractivity contribution in [3.63, 3.8) is 0 Å². The Bertz CT molecular complexity index is 351. The van der Waals surface area contributed by atoms with E-state index in [0.29, 0.717) is 6.42 Å². The Morgan fingerprint density at radius 1 is 1.06 bits per heavy atom. The van der Waals surface area contributed by atoms with E-state index in [2.05, 4.69) is 18.2 Å². The Hall–Kier alpha value is -1.53. The molecule has 0 aliphatic carbocycles. The Morgan fingerprint density at radius 2 is 1.62 bits per heavy atom. The molecule has 0 aromatic rings. The zero-order chi connectivity index (χ0) is 12.8. The van der Waals surface area contributed by atoms with Crippen molar-refractivity contribution in [3.05, 3.63) is 0 Å². The topological polar surface area (TPSA) is 71.4 Å². The molecule has 3 heteroatoms. The predicted octanol–water partition coefficient (Wildman–Crippen LogP) is 3.40. The molecule has 0 saturated carbocycles. The van der Waals surface area contributed by atoms with E-state index in [9.17, 15) is 5.26 Å². The van der Waals surface area contributed by atoms with E-state index < -0.39 is 10.8 Å². The molecule has 0 radical (unpaired) electrons. The van der Waals surface area contributed by atoms with Gasteiger partial charge in [-0.3, -0.25) is 0 Å². The molecule has 0 heterocycles. The monoisotopic (exact) mass is 217 g/mol. The van der Waals surface area contributed by atoms with Crippen molar-refractivity contribution in [2.45, 2.75) is 47.0 Å². The van der Waals surface area contributed by atoms with Crippen molar-refractivity contribution in [2.24, 2.45) is 16.7 Å². The third-order valence-corrected chi connectivity index (χ3v) is 3.72. The summed E-state index contributed by atoms with van der Waals surface area (Å²) in [5, 5.41) is 26.9. The maximum absolute atomic E-state index is 9.31. The van der Waals surface area contributed by atoms with Crippen molar-refractivity contribution < 1.29 is 0 Å². The number of rotatable bonds is 5. The summed E-state index contributed by atoms with van der Waals surface area (Å²) in [6.07, 6.45) is 2.11. The summed E-state index contributed by atoms with van der Waals surface area (Å²) in [5.41, 5.74) is -1.34. The largest absolute Gasteiger partial charge is 0.198 e. The van der Waals surface area contributed by atoms with Crippen LogP contribution < -0.4 is 0 Å². The maximum Gasteiger partial charge on any atom is 0.0751 e. The number of nitriles is 3. The molecular formula is C13H19N3. The van der Waals surface area contributed by atoms with E-state index >= 15 is 0 Å². The summed E-state index contributed by atoms with van der Waals surface area (Å²) in [5.74, 6) is 0.112. The van der Waals surface area contributed by atoms with Crippen molar-refractivity contribution >= 4 is 0 Å². The van der Waals surface area contributed by atoms with E-state index in [4.69, 9.17) is 10.5 Å². The molecule has 0 rings (SSSR count). The van der Waals surface area contributed by atoms with E-state index in [1.165, 1.54) is 0 Å². The van der Waals surface area contributed by atoms with Crippen LogP contribution in [0.4, 0.5) is 0 Å². The lowest BCUT2D eigenvalue weighted by atomic mass is 9.61. The molecule has 0 spiro atoms. The normalized spacial score (nSPS) is 16.3. The van der Waals surface area contributed by atoms with Crippen LogP contribution in [0.25, 0.3) is 0 Å². The van der Waals surface area contributed by atoms with Gasteiger partial charge in [-0.25, -0.2) is 0 Å². The minimum atomic E-state index is -0.673. The number of hydrogen-bond donors (Lipinski definition) is 0. The average molecular weight is 217 g/mol. The SMILES string of the molecule is CC(CCCC#N)C(C)(C#N)C(C)(C)C#N. The highest BCUT2D eigenvalue weighted by molar-refractivity contribution is 5.15. The first-order valence-corrected chi connectivity index (χ1v) is 5.55. The van der Waals surface area contributed by atoms with Crippen LogP contribution in [0.2, 0.25) is 0 Å². The van der Waals surface area contributed by atoms with Gasteiger partial charge in [-0.15, -0.1) is 0 Å². The van der Waals surface area contributed by atoms with Crippen LogP contribution in [0.1, 0.15) is 47.0 Å². The van der Waals surface area contributed by atoms with Crippen molar-refractivity contribution in [1.29, 1.82) is 15.8 Å². The van der Waals surface area contributed by atoms with Crippen molar-refractivity contribution in [3.8, 4) is 18.2 Å². The van der Waals surface area contributed by atoms with Crippen LogP contribution >= 0.6 is 0 Å². The summed E-state index contributed by atoms with van der Waals surface area (Å²) in [6.45, 7) is 7.43. The van der Waals surface area contributed by atoms with Crippen molar-refractivity contribution in [2.75, 3.05) is 0 Å². The van der Waals surface area contributed by atoms with Gasteiger partial charge >= 0.3 is 0 Å². The van der Waals surface area contributed by atoms with Crippen LogP contribution in [0.5, 0.6) is 0 Å². The molecule has 86 valence electrons. The lowest BCUT2D eigenvalue weighted by molar-refractivity contribution is 0.133. The second kappa shape index (κ2) is 5.53. The summed E-state index contributed by atoms with van der Waals surface area (Å²) >= 11 is 0. The van der Waals surface area contributed by atoms with Gasteiger partial charge in [0, 0.05) is 6.42 Å². The first-order valence-electron chi connectivity index (χ1n) is 5.55. The standard InChI is InChI=1S/C13H19N3/c1-11(7-5-6-8-14)13(4,10-16)12(2,3)9-15/h11H,5-7H2,1-4H3. The van der Waals surface area contributed by atoms with E-state index in [0.717, 1.165) is 12.8 Å². The molecule has 16 heavy (non-hydrogen) atoms. The maximum atomic E-state index is 9.31. The quantitative estimate of drug-likeness (QED) is 0.662. The minimum absolute atomic E-state index is 0.112. The number of hydrogen-bond acceptors (Lipinski definition) is 3. The highest BCUT2D eigenvalue weighted by Gasteiger charge is 2.45. The van der Waals surface area contributed by atoms with Crippen molar-refractivity contribution in [1.82, 2.24) is 0 Å². The molecule has 0 fully saturated rings. The second-order valence-electron chi connectivity index (χ2n) is 5.00. The smallest absolute Gasteiger partial charge is 0.0751 e. The van der Waals surface area contributed by atoms with Gasteiger partial charge in [0.15, 0.2) is 0 Å². The Labute approximate surface area is 98.3 Å². The molecule has 0 aromatic carbocycles. The van der Waals surface area contributed by atoms with Gasteiger partial charge < -0.3 is 0 Å². The molecule has 2 unspecified atom stereocenters. The molecule has 0 N–H and O–H groups in total. The van der Waals surface area contributed by atoms with Gasteiger partial charge in [-0.1, -0.05) is 6.92 Å². The van der Waals surface area contributed by atoms with E-state index in [-0.39, 0.29) is 5.92 Å². The third kappa shape index (κ3) is 2.74. The predicted molar refractivity (Wildman–Crippen MR) is 61.7 cm³/mol. The van der Waals surface area contributed by atoms with Gasteiger partial charge in [0.1, 0.15) is 0 Å². The fraction of sp³-hybridized carbons (Fsp3) is 0.769. The summed E-state index contributed by atoms with van der Waals surface area (Å²) in [4.78, 5) is 0. The van der Waals surface area contributed by atoms with Gasteiger partial charge in [0.2, 0.25) is 0 Å². The Kier molecular flexibility index (Phi) is 5.00. The number of unbranched alkanes of at least 4 members (excludes halogenated alkanes) is 1. The highest BCUT2D eigenvalue weighted by Crippen LogP contribution is 2.45. The lowest BCUT2D eigenvalue weighted by Crippen LogP contribution is -2.38. The van der Waals surface area contributed by atoms with E-state index in [1.807, 2.05) is 13.8 Å². The summed E-state index contributed by atoms with van der Waals surface area (Å²) in [7, 11) is 0. The fourth-order valence-electron chi connectivity index (χ4n) is 1.76. The molecule has 3 nitrogen and oxygen atoms in total. The molecular weight excluding hydrogens is 198 g/mol. The molecule has 0 amide bonds. The van der Waals surface area contributed by atoms with Gasteiger partial charge in [0.25, 0.3) is 0 Å². The highest BCUT2D eigenvalue weighted by atomic mass is 14.5. The average Bonchev–Trinajstić information content (AvgIpc) is 2.27. The van der Waals surface area contributed by atoms with Gasteiger partial charge in [0.05, 0.1) is 29.0 Å². The molecule has 0 saturated heterocycles. The van der Waals surface area contributed by atoms with Crippen LogP contribution in [0.15, 0.2) is 0 Å². The fourth-order valence-corrected chi connectivity index (χ4v) is 1.76. The van der Waals surface area contributed by atoms with Crippen LogP contribution in [-0.4, -0.2) is 0 Å². The zero-order valence-corrected chi connectivity index (χ0v) is 10.5. The van der Waals surface area contributed by atoms with Gasteiger partial charge in [-0.05, 0) is 39.5 Å². The molecule has 0 aliphatic heterocycles. The Balaban J connectivity index is 4.81. The first kappa shape index (κ1) is 14.5. The van der Waals surface area contributed by atoms with E-state index in [1.54, 1.807) is 13.8 Å². The minimum Gasteiger partial charge on any atom is -0.198 e.